The van der Waals surface area contributed by atoms with E-state index in [0.29, 0.717) is 0 Å². The fourth-order valence-electron chi connectivity index (χ4n) is 2.78. The zero-order valence-corrected chi connectivity index (χ0v) is 19.5. The van der Waals surface area contributed by atoms with Crippen molar-refractivity contribution >= 4 is 41.4 Å². The van der Waals surface area contributed by atoms with Crippen LogP contribution in [0.2, 0.25) is 0 Å². The average Bonchev–Trinajstić information content (AvgIpc) is 2.69. The Kier molecular flexibility index (Phi) is 11.4. The minimum atomic E-state index is -1.45. The molecule has 0 spiro atoms. The van der Waals surface area contributed by atoms with E-state index in [1.807, 2.05) is 5.40 Å². The second-order valence-corrected chi connectivity index (χ2v) is 7.54. The van der Waals surface area contributed by atoms with Crippen LogP contribution >= 0.6 is 11.8 Å². The highest BCUT2D eigenvalue weighted by molar-refractivity contribution is 8.03. The molecule has 0 unspecified atom stereocenters. The summed E-state index contributed by atoms with van der Waals surface area (Å²) >= 11 is 0.797. The molecule has 0 aromatic heterocycles. The molecule has 1 aliphatic rings. The highest BCUT2D eigenvalue weighted by Gasteiger charge is 2.53. The summed E-state index contributed by atoms with van der Waals surface area (Å²) in [6.45, 7) is 5.29. The molecule has 0 amide bonds. The van der Waals surface area contributed by atoms with Gasteiger partial charge in [-0.1, -0.05) is 0 Å². The van der Waals surface area contributed by atoms with Crippen LogP contribution in [0, 0.1) is 10.7 Å². The predicted octanol–water partition coefficient (Wildman–Crippen LogP) is 0.773. The number of Topliss-reactive ketones (excluding diaryl/α,β-unsaturated/α-hetero) is 1. The topological polar surface area (TPSA) is 165 Å². The van der Waals surface area contributed by atoms with Crippen LogP contribution in [0.1, 0.15) is 34.6 Å². The van der Waals surface area contributed by atoms with Crippen molar-refractivity contribution in [1.29, 1.82) is 5.26 Å². The Labute approximate surface area is 194 Å². The number of esters is 4. The summed E-state index contributed by atoms with van der Waals surface area (Å²) in [4.78, 5) is 58.3. The van der Waals surface area contributed by atoms with E-state index in [1.54, 1.807) is 0 Å². The normalized spacial score (nSPS) is 24.6. The van der Waals surface area contributed by atoms with Crippen LogP contribution in [0.5, 0.6) is 0 Å². The second-order valence-electron chi connectivity index (χ2n) is 6.78. The van der Waals surface area contributed by atoms with Gasteiger partial charge in [-0.15, -0.1) is 0 Å². The standard InChI is InChI=1S/C20H25NO11S/c1-10(22)15(8-33-9-21)6-28-20-19(31-14(5)26)18(30-13(4)25)17(29-12(3)24)16(32-20)7-27-11(2)23/h6,16-20H,7-8H2,1-5H3/b15-6-/t16-,17-,18+,19-,20-/m1/s1. The second kappa shape index (κ2) is 13.4. The molecule has 33 heavy (non-hydrogen) atoms. The molecular formula is C20H25NO11S. The molecule has 1 fully saturated rings. The Morgan fingerprint density at radius 2 is 1.42 bits per heavy atom. The Morgan fingerprint density at radius 1 is 0.879 bits per heavy atom. The Bertz CT molecular complexity index is 834. The van der Waals surface area contributed by atoms with Gasteiger partial charge in [0, 0.05) is 39.0 Å². The molecule has 0 aromatic rings. The number of rotatable bonds is 10. The van der Waals surface area contributed by atoms with Crippen molar-refractivity contribution in [1.82, 2.24) is 0 Å². The molecule has 0 radical (unpaired) electrons. The molecule has 0 aromatic carbocycles. The van der Waals surface area contributed by atoms with E-state index in [9.17, 15) is 24.0 Å². The lowest BCUT2D eigenvalue weighted by molar-refractivity contribution is -0.297. The first kappa shape index (κ1) is 27.9. The molecule has 13 heteroatoms. The van der Waals surface area contributed by atoms with Crippen molar-refractivity contribution in [2.75, 3.05) is 12.4 Å². The molecule has 0 N–H and O–H groups in total. The maximum absolute atomic E-state index is 11.8. The summed E-state index contributed by atoms with van der Waals surface area (Å²) in [5.74, 6) is -3.37. The first-order valence-electron chi connectivity index (χ1n) is 9.63. The van der Waals surface area contributed by atoms with Crippen LogP contribution in [-0.2, 0) is 52.4 Å². The van der Waals surface area contributed by atoms with Gasteiger partial charge in [0.25, 0.3) is 0 Å². The van der Waals surface area contributed by atoms with E-state index >= 15 is 0 Å². The van der Waals surface area contributed by atoms with Crippen molar-refractivity contribution in [3.05, 3.63) is 11.8 Å². The molecule has 182 valence electrons. The van der Waals surface area contributed by atoms with Gasteiger partial charge in [0.2, 0.25) is 12.4 Å². The lowest BCUT2D eigenvalue weighted by atomic mass is 9.98. The summed E-state index contributed by atoms with van der Waals surface area (Å²) in [6, 6.07) is 0. The van der Waals surface area contributed by atoms with Crippen molar-refractivity contribution in [3.63, 3.8) is 0 Å². The van der Waals surface area contributed by atoms with Gasteiger partial charge < -0.3 is 28.4 Å². The summed E-state index contributed by atoms with van der Waals surface area (Å²) in [5, 5.41) is 10.6. The third-order valence-electron chi connectivity index (χ3n) is 4.04. The quantitative estimate of drug-likeness (QED) is 0.140. The molecular weight excluding hydrogens is 462 g/mol. The first-order valence-corrected chi connectivity index (χ1v) is 10.6. The van der Waals surface area contributed by atoms with Crippen molar-refractivity contribution < 1.29 is 52.4 Å². The van der Waals surface area contributed by atoms with Gasteiger partial charge in [-0.2, -0.15) is 5.26 Å². The van der Waals surface area contributed by atoms with Crippen molar-refractivity contribution in [3.8, 4) is 5.40 Å². The van der Waals surface area contributed by atoms with Gasteiger partial charge in [-0.05, 0) is 18.7 Å². The Morgan fingerprint density at radius 3 is 1.91 bits per heavy atom. The van der Waals surface area contributed by atoms with E-state index in [4.69, 9.17) is 33.7 Å². The van der Waals surface area contributed by atoms with Crippen molar-refractivity contribution in [2.24, 2.45) is 0 Å². The van der Waals surface area contributed by atoms with Crippen LogP contribution in [-0.4, -0.2) is 72.7 Å². The highest BCUT2D eigenvalue weighted by Crippen LogP contribution is 2.30. The molecule has 0 bridgehead atoms. The van der Waals surface area contributed by atoms with E-state index in [0.717, 1.165) is 45.7 Å². The monoisotopic (exact) mass is 487 g/mol. The molecule has 1 saturated heterocycles. The molecule has 0 aliphatic carbocycles. The lowest BCUT2D eigenvalue weighted by Crippen LogP contribution is -2.62. The lowest BCUT2D eigenvalue weighted by Gasteiger charge is -2.43. The van der Waals surface area contributed by atoms with E-state index in [2.05, 4.69) is 0 Å². The van der Waals surface area contributed by atoms with E-state index in [-0.39, 0.29) is 17.1 Å². The summed E-state index contributed by atoms with van der Waals surface area (Å²) in [6.07, 6.45) is -5.73. The van der Waals surface area contributed by atoms with Gasteiger partial charge in [-0.25, -0.2) is 0 Å². The number of nitriles is 1. The molecule has 0 saturated carbocycles. The SMILES string of the molecule is CC(=O)OC[C@H]1O[C@@H](O/C=C(/CSC#N)C(C)=O)[C@H](OC(C)=O)[C@@H](OC(C)=O)[C@@H]1OC(C)=O. The minimum Gasteiger partial charge on any atom is -0.468 e. The smallest absolute Gasteiger partial charge is 0.303 e. The Hall–Kier alpha value is -3.11. The third-order valence-corrected chi connectivity index (χ3v) is 4.62. The predicted molar refractivity (Wildman–Crippen MR) is 110 cm³/mol. The fraction of sp³-hybridized carbons (Fsp3) is 0.600. The summed E-state index contributed by atoms with van der Waals surface area (Å²) in [7, 11) is 0. The summed E-state index contributed by atoms with van der Waals surface area (Å²) in [5.41, 5.74) is 0.120. The molecule has 1 heterocycles. The number of hydrogen-bond acceptors (Lipinski definition) is 13. The molecule has 1 aliphatic heterocycles. The largest absolute Gasteiger partial charge is 0.468 e. The highest BCUT2D eigenvalue weighted by atomic mass is 32.2. The molecule has 12 nitrogen and oxygen atoms in total. The van der Waals surface area contributed by atoms with Crippen LogP contribution in [0.25, 0.3) is 0 Å². The maximum Gasteiger partial charge on any atom is 0.303 e. The zero-order valence-electron chi connectivity index (χ0n) is 18.7. The number of ether oxygens (including phenoxy) is 6. The number of nitrogens with zero attached hydrogens (tertiary/aromatic N) is 1. The average molecular weight is 487 g/mol. The first-order chi connectivity index (χ1) is 15.5. The van der Waals surface area contributed by atoms with Crippen LogP contribution in [0.15, 0.2) is 11.8 Å². The maximum atomic E-state index is 11.8. The minimum absolute atomic E-state index is 0.0110. The van der Waals surface area contributed by atoms with Gasteiger partial charge in [0.05, 0.1) is 6.26 Å². The number of carbonyl (C=O) groups is 5. The zero-order chi connectivity index (χ0) is 25.1. The van der Waals surface area contributed by atoms with Gasteiger partial charge in [0.1, 0.15) is 18.1 Å². The number of ketones is 1. The van der Waals surface area contributed by atoms with Crippen LogP contribution in [0.4, 0.5) is 0 Å². The van der Waals surface area contributed by atoms with E-state index in [1.165, 1.54) is 6.92 Å². The van der Waals surface area contributed by atoms with Crippen LogP contribution < -0.4 is 0 Å². The number of thioether (sulfide) groups is 1. The molecule has 5 atom stereocenters. The van der Waals surface area contributed by atoms with Gasteiger partial charge >= 0.3 is 23.9 Å². The van der Waals surface area contributed by atoms with Gasteiger partial charge in [-0.3, -0.25) is 24.0 Å². The number of hydrogen-bond donors (Lipinski definition) is 0. The third kappa shape index (κ3) is 9.50. The van der Waals surface area contributed by atoms with Crippen molar-refractivity contribution in [2.45, 2.75) is 65.3 Å². The Balaban J connectivity index is 3.39. The molecule has 1 rings (SSSR count). The summed E-state index contributed by atoms with van der Waals surface area (Å²) < 4.78 is 32.0. The van der Waals surface area contributed by atoms with Gasteiger partial charge in [0.15, 0.2) is 18.0 Å². The number of thiocyanates is 1. The van der Waals surface area contributed by atoms with Crippen LogP contribution in [0.3, 0.4) is 0 Å². The fourth-order valence-corrected chi connectivity index (χ4v) is 3.27. The van der Waals surface area contributed by atoms with E-state index < -0.39 is 61.2 Å². The number of carbonyl (C=O) groups excluding carboxylic acids is 5.